The molecule has 3 N–H and O–H groups in total. The Morgan fingerprint density at radius 2 is 0.643 bits per heavy atom. The van der Waals surface area contributed by atoms with E-state index in [9.17, 15) is 15.0 Å². The number of carbonyl (C=O) groups is 1. The third kappa shape index (κ3) is 55.2. The van der Waals surface area contributed by atoms with Crippen molar-refractivity contribution in [3.63, 3.8) is 0 Å². The molecule has 70 heavy (non-hydrogen) atoms. The molecule has 0 aromatic carbocycles. The molecule has 0 saturated heterocycles. The topological polar surface area (TPSA) is 69.6 Å². The van der Waals surface area contributed by atoms with Crippen molar-refractivity contribution < 1.29 is 15.0 Å². The summed E-state index contributed by atoms with van der Waals surface area (Å²) in [5.74, 6) is -0.115. The van der Waals surface area contributed by atoms with E-state index in [2.05, 4.69) is 153 Å². The molecular formula is C66H109NO3. The highest BCUT2D eigenvalue weighted by Gasteiger charge is 2.17. The van der Waals surface area contributed by atoms with Crippen molar-refractivity contribution in [1.29, 1.82) is 0 Å². The van der Waals surface area contributed by atoms with Gasteiger partial charge in [0.15, 0.2) is 0 Å². The number of hydrogen-bond acceptors (Lipinski definition) is 3. The van der Waals surface area contributed by atoms with Gasteiger partial charge < -0.3 is 15.5 Å². The lowest BCUT2D eigenvalue weighted by atomic mass is 10.0. The summed E-state index contributed by atoms with van der Waals surface area (Å²) in [5.41, 5.74) is 0. The second-order valence-electron chi connectivity index (χ2n) is 19.0. The van der Waals surface area contributed by atoms with E-state index in [4.69, 9.17) is 0 Å². The Morgan fingerprint density at radius 1 is 0.357 bits per heavy atom. The third-order valence-electron chi connectivity index (χ3n) is 12.3. The van der Waals surface area contributed by atoms with Crippen LogP contribution in [-0.2, 0) is 4.79 Å². The number of hydrogen-bond donors (Lipinski definition) is 3. The average molecular weight is 965 g/mol. The Morgan fingerprint density at radius 3 is 1.00 bits per heavy atom. The third-order valence-corrected chi connectivity index (χ3v) is 12.3. The zero-order valence-electron chi connectivity index (χ0n) is 45.5. The molecule has 396 valence electrons. The maximum absolute atomic E-state index is 12.5. The molecule has 0 heterocycles. The largest absolute Gasteiger partial charge is 0.394 e. The SMILES string of the molecule is CC/C=C\C/C=C\C/C=C\C/C=C\C/C=C\C/C=C\C/C=C\C/C=C\C/C=C\CCCCCC(=O)NC(CO)C(O)/C=C/CC/C=C/CC/C=C/CCCCCCCCCCCCCCCCCCC. The summed E-state index contributed by atoms with van der Waals surface area (Å²) in [5, 5.41) is 23.1. The van der Waals surface area contributed by atoms with E-state index in [-0.39, 0.29) is 12.5 Å². The van der Waals surface area contributed by atoms with Crippen LogP contribution < -0.4 is 5.32 Å². The predicted molar refractivity (Wildman–Crippen MR) is 312 cm³/mol. The Hall–Kier alpha value is -3.73. The first-order chi connectivity index (χ1) is 34.7. The van der Waals surface area contributed by atoms with Crippen molar-refractivity contribution in [3.8, 4) is 0 Å². The fourth-order valence-corrected chi connectivity index (χ4v) is 7.91. The predicted octanol–water partition coefficient (Wildman–Crippen LogP) is 19.6. The first-order valence-electron chi connectivity index (χ1n) is 29.0. The lowest BCUT2D eigenvalue weighted by Gasteiger charge is -2.19. The maximum Gasteiger partial charge on any atom is 0.220 e. The molecule has 0 aliphatic carbocycles. The second-order valence-corrected chi connectivity index (χ2v) is 19.0. The summed E-state index contributed by atoms with van der Waals surface area (Å²) >= 11 is 0. The van der Waals surface area contributed by atoms with Crippen LogP contribution in [0, 0.1) is 0 Å². The summed E-state index contributed by atoms with van der Waals surface area (Å²) in [6.45, 7) is 4.17. The summed E-state index contributed by atoms with van der Waals surface area (Å²) in [6.07, 6.45) is 94.4. The first-order valence-corrected chi connectivity index (χ1v) is 29.0. The van der Waals surface area contributed by atoms with E-state index in [0.29, 0.717) is 6.42 Å². The molecule has 1 amide bonds. The zero-order valence-corrected chi connectivity index (χ0v) is 45.5. The molecule has 0 fully saturated rings. The minimum Gasteiger partial charge on any atom is -0.394 e. The number of aliphatic hydroxyl groups excluding tert-OH is 2. The van der Waals surface area contributed by atoms with E-state index in [0.717, 1.165) is 109 Å². The van der Waals surface area contributed by atoms with Gasteiger partial charge in [0.1, 0.15) is 0 Å². The van der Waals surface area contributed by atoms with Gasteiger partial charge in [-0.25, -0.2) is 0 Å². The highest BCUT2D eigenvalue weighted by molar-refractivity contribution is 5.76. The van der Waals surface area contributed by atoms with Crippen molar-refractivity contribution in [1.82, 2.24) is 5.32 Å². The van der Waals surface area contributed by atoms with Crippen molar-refractivity contribution in [2.24, 2.45) is 0 Å². The van der Waals surface area contributed by atoms with Gasteiger partial charge in [0.2, 0.25) is 5.91 Å². The fourth-order valence-electron chi connectivity index (χ4n) is 7.91. The second kappa shape index (κ2) is 59.6. The quantitative estimate of drug-likeness (QED) is 0.0420. The molecule has 0 rings (SSSR count). The zero-order chi connectivity index (χ0) is 50.6. The smallest absolute Gasteiger partial charge is 0.220 e. The van der Waals surface area contributed by atoms with Crippen LogP contribution in [0.25, 0.3) is 0 Å². The van der Waals surface area contributed by atoms with Gasteiger partial charge in [-0.1, -0.05) is 269 Å². The van der Waals surface area contributed by atoms with E-state index < -0.39 is 12.1 Å². The molecule has 0 aromatic heterocycles. The minimum atomic E-state index is -0.897. The standard InChI is InChI=1S/C66H109NO3/c1-3-5-7-9-11-13-15-17-19-21-23-25-27-29-31-32-33-34-36-38-40-42-44-46-48-50-52-54-56-58-60-62-66(70)67-64(63-68)65(69)61-59-57-55-53-51-49-47-45-43-41-39-37-35-30-28-26-24-22-20-18-16-14-12-10-8-6-4-2/h5,7,11,13,17,19,23,25,29,31,33-34,38,40,43-46,50-53,59,61,64-65,68-69H,3-4,6,8-10,12,14-16,18,20-22,24,26-28,30,32,35-37,39,41-42,47-49,54-58,60,62-63H2,1-2H3,(H,67,70)/b7-5-,13-11-,19-17-,25-23-,31-29-,34-33-,40-38-,45-43+,46-44-,52-50-,53-51+,61-59+. The summed E-state index contributed by atoms with van der Waals surface area (Å²) in [6, 6.07) is -0.677. The molecule has 0 aliphatic rings. The maximum atomic E-state index is 12.5. The van der Waals surface area contributed by atoms with Crippen LogP contribution in [0.5, 0.6) is 0 Å². The van der Waals surface area contributed by atoms with E-state index >= 15 is 0 Å². The molecule has 0 aromatic rings. The number of nitrogens with one attached hydrogen (secondary N) is 1. The van der Waals surface area contributed by atoms with Crippen molar-refractivity contribution >= 4 is 5.91 Å². The number of allylic oxidation sites excluding steroid dienone is 23. The Bertz CT molecular complexity index is 1470. The van der Waals surface area contributed by atoms with Gasteiger partial charge in [-0.2, -0.15) is 0 Å². The molecule has 2 atom stereocenters. The number of amides is 1. The highest BCUT2D eigenvalue weighted by Crippen LogP contribution is 2.15. The lowest BCUT2D eigenvalue weighted by molar-refractivity contribution is -0.123. The number of rotatable bonds is 51. The van der Waals surface area contributed by atoms with Crippen LogP contribution in [0.4, 0.5) is 0 Å². The van der Waals surface area contributed by atoms with Crippen molar-refractivity contribution in [2.75, 3.05) is 6.61 Å². The van der Waals surface area contributed by atoms with Gasteiger partial charge in [-0.3, -0.25) is 4.79 Å². The highest BCUT2D eigenvalue weighted by atomic mass is 16.3. The van der Waals surface area contributed by atoms with E-state index in [1.165, 1.54) is 116 Å². The Balaban J connectivity index is 3.72. The minimum absolute atomic E-state index is 0.115. The first kappa shape index (κ1) is 66.3. The van der Waals surface area contributed by atoms with E-state index in [1.807, 2.05) is 6.08 Å². The molecule has 2 unspecified atom stereocenters. The van der Waals surface area contributed by atoms with Crippen LogP contribution in [0.3, 0.4) is 0 Å². The van der Waals surface area contributed by atoms with Crippen LogP contribution in [-0.4, -0.2) is 34.9 Å². The number of unbranched alkanes of at least 4 members (excludes halogenated alkanes) is 22. The molecule has 0 spiro atoms. The molecular weight excluding hydrogens is 855 g/mol. The molecule has 0 bridgehead atoms. The molecule has 0 radical (unpaired) electrons. The Kier molecular flexibility index (Phi) is 56.4. The van der Waals surface area contributed by atoms with Gasteiger partial charge in [0.05, 0.1) is 18.8 Å². The van der Waals surface area contributed by atoms with Gasteiger partial charge in [-0.05, 0) is 116 Å². The fraction of sp³-hybridized carbons (Fsp3) is 0.621. The lowest BCUT2D eigenvalue weighted by Crippen LogP contribution is -2.45. The Labute approximate surface area is 433 Å². The van der Waals surface area contributed by atoms with Crippen LogP contribution in [0.1, 0.15) is 245 Å². The van der Waals surface area contributed by atoms with Crippen LogP contribution in [0.2, 0.25) is 0 Å². The van der Waals surface area contributed by atoms with E-state index in [1.54, 1.807) is 6.08 Å². The monoisotopic (exact) mass is 964 g/mol. The van der Waals surface area contributed by atoms with Gasteiger partial charge in [0, 0.05) is 6.42 Å². The van der Waals surface area contributed by atoms with Gasteiger partial charge >= 0.3 is 0 Å². The number of carbonyl (C=O) groups excluding carboxylic acids is 1. The van der Waals surface area contributed by atoms with Crippen LogP contribution >= 0.6 is 0 Å². The van der Waals surface area contributed by atoms with Gasteiger partial charge in [0.25, 0.3) is 0 Å². The molecule has 4 heteroatoms. The van der Waals surface area contributed by atoms with Crippen molar-refractivity contribution in [3.05, 3.63) is 146 Å². The average Bonchev–Trinajstić information content (AvgIpc) is 3.36. The van der Waals surface area contributed by atoms with Crippen molar-refractivity contribution in [2.45, 2.75) is 257 Å². The molecule has 0 saturated carbocycles. The summed E-state index contributed by atoms with van der Waals surface area (Å²) in [7, 11) is 0. The normalized spacial score (nSPS) is 13.9. The number of aliphatic hydroxyl groups is 2. The summed E-state index contributed by atoms with van der Waals surface area (Å²) < 4.78 is 0. The molecule has 4 nitrogen and oxygen atoms in total. The molecule has 0 aliphatic heterocycles. The van der Waals surface area contributed by atoms with Crippen LogP contribution in [0.15, 0.2) is 146 Å². The summed E-state index contributed by atoms with van der Waals surface area (Å²) in [4.78, 5) is 12.5. The van der Waals surface area contributed by atoms with Gasteiger partial charge in [-0.15, -0.1) is 0 Å².